The molecule has 5 heteroatoms. The van der Waals surface area contributed by atoms with Gasteiger partial charge in [0, 0.05) is 24.2 Å². The van der Waals surface area contributed by atoms with Crippen LogP contribution in [0.3, 0.4) is 0 Å². The van der Waals surface area contributed by atoms with Gasteiger partial charge in [-0.15, -0.1) is 0 Å². The number of amides is 1. The zero-order valence-electron chi connectivity index (χ0n) is 11.3. The lowest BCUT2D eigenvalue weighted by Gasteiger charge is -2.23. The fourth-order valence-electron chi connectivity index (χ4n) is 2.31. The number of ether oxygens (including phenoxy) is 1. The second kappa shape index (κ2) is 6.26. The van der Waals surface area contributed by atoms with E-state index in [4.69, 9.17) is 16.3 Å². The summed E-state index contributed by atoms with van der Waals surface area (Å²) in [4.78, 5) is 14.4. The first-order chi connectivity index (χ1) is 9.11. The summed E-state index contributed by atoms with van der Waals surface area (Å²) in [6.07, 6.45) is 0.957. The van der Waals surface area contributed by atoms with E-state index in [1.54, 1.807) is 25.3 Å². The van der Waals surface area contributed by atoms with Crippen LogP contribution >= 0.6 is 11.6 Å². The maximum atomic E-state index is 12.6. The van der Waals surface area contributed by atoms with E-state index in [1.807, 2.05) is 4.90 Å². The van der Waals surface area contributed by atoms with Crippen molar-refractivity contribution in [3.05, 3.63) is 28.8 Å². The number of carbonyl (C=O) groups is 1. The van der Waals surface area contributed by atoms with Gasteiger partial charge in [0.15, 0.2) is 0 Å². The van der Waals surface area contributed by atoms with E-state index < -0.39 is 0 Å². The number of halogens is 1. The van der Waals surface area contributed by atoms with E-state index in [0.29, 0.717) is 28.9 Å². The Hall–Kier alpha value is -1.26. The van der Waals surface area contributed by atoms with Gasteiger partial charge in [-0.05, 0) is 38.1 Å². The third-order valence-electron chi connectivity index (χ3n) is 3.27. The summed E-state index contributed by atoms with van der Waals surface area (Å²) < 4.78 is 5.25. The molecule has 1 unspecified atom stereocenters. The Bertz CT molecular complexity index is 465. The minimum Gasteiger partial charge on any atom is -0.496 e. The Balaban J connectivity index is 2.24. The van der Waals surface area contributed by atoms with Gasteiger partial charge < -0.3 is 15.0 Å². The van der Waals surface area contributed by atoms with E-state index >= 15 is 0 Å². The first-order valence-corrected chi connectivity index (χ1v) is 6.86. The Kier molecular flexibility index (Phi) is 4.66. The number of hydrogen-bond donors (Lipinski definition) is 1. The van der Waals surface area contributed by atoms with Crippen molar-refractivity contribution in [2.75, 3.05) is 26.7 Å². The van der Waals surface area contributed by atoms with E-state index in [2.05, 4.69) is 12.2 Å². The molecule has 1 aliphatic rings. The molecule has 2 rings (SSSR count). The molecule has 0 saturated carbocycles. The molecule has 1 aromatic rings. The number of nitrogens with zero attached hydrogens (tertiary/aromatic N) is 1. The molecule has 1 fully saturated rings. The normalized spacial score (nSPS) is 19.9. The van der Waals surface area contributed by atoms with Crippen LogP contribution in [-0.4, -0.2) is 43.6 Å². The van der Waals surface area contributed by atoms with Gasteiger partial charge in [-0.3, -0.25) is 4.79 Å². The van der Waals surface area contributed by atoms with E-state index in [0.717, 1.165) is 19.5 Å². The predicted molar refractivity (Wildman–Crippen MR) is 76.0 cm³/mol. The van der Waals surface area contributed by atoms with Crippen LogP contribution in [0.25, 0.3) is 0 Å². The number of benzene rings is 1. The Morgan fingerprint density at radius 1 is 1.53 bits per heavy atom. The summed E-state index contributed by atoms with van der Waals surface area (Å²) in [7, 11) is 1.56. The highest BCUT2D eigenvalue weighted by atomic mass is 35.5. The van der Waals surface area contributed by atoms with Gasteiger partial charge >= 0.3 is 0 Å². The number of carbonyl (C=O) groups excluding carboxylic acids is 1. The molecule has 0 radical (unpaired) electrons. The average molecular weight is 283 g/mol. The summed E-state index contributed by atoms with van der Waals surface area (Å²) >= 11 is 5.98. The monoisotopic (exact) mass is 282 g/mol. The van der Waals surface area contributed by atoms with Crippen molar-refractivity contribution in [3.63, 3.8) is 0 Å². The summed E-state index contributed by atoms with van der Waals surface area (Å²) in [6, 6.07) is 5.43. The fraction of sp³-hybridized carbons (Fsp3) is 0.500. The van der Waals surface area contributed by atoms with Crippen molar-refractivity contribution < 1.29 is 9.53 Å². The maximum absolute atomic E-state index is 12.6. The van der Waals surface area contributed by atoms with Crippen molar-refractivity contribution in [2.45, 2.75) is 19.4 Å². The number of hydrogen-bond acceptors (Lipinski definition) is 3. The molecule has 1 aromatic carbocycles. The average Bonchev–Trinajstić information content (AvgIpc) is 2.62. The second-order valence-electron chi connectivity index (χ2n) is 4.80. The molecule has 0 bridgehead atoms. The zero-order chi connectivity index (χ0) is 13.8. The lowest BCUT2D eigenvalue weighted by atomic mass is 10.1. The standard InChI is InChI=1S/C14H19ClN2O2/c1-10-9-17(7-3-6-16-10)14(18)12-8-11(15)4-5-13(12)19-2/h4-5,8,10,16H,3,6-7,9H2,1-2H3. The third-order valence-corrected chi connectivity index (χ3v) is 3.51. The van der Waals surface area contributed by atoms with Gasteiger partial charge in [0.2, 0.25) is 0 Å². The van der Waals surface area contributed by atoms with Gasteiger partial charge in [0.05, 0.1) is 12.7 Å². The first-order valence-electron chi connectivity index (χ1n) is 6.48. The molecule has 1 atom stereocenters. The van der Waals surface area contributed by atoms with Crippen LogP contribution in [0.2, 0.25) is 5.02 Å². The molecule has 0 spiro atoms. The van der Waals surface area contributed by atoms with Gasteiger partial charge in [-0.25, -0.2) is 0 Å². The smallest absolute Gasteiger partial charge is 0.257 e. The Morgan fingerprint density at radius 3 is 3.05 bits per heavy atom. The van der Waals surface area contributed by atoms with Crippen LogP contribution in [0.5, 0.6) is 5.75 Å². The quantitative estimate of drug-likeness (QED) is 0.904. The minimum atomic E-state index is -0.0186. The molecule has 1 N–H and O–H groups in total. The molecule has 1 aliphatic heterocycles. The molecular weight excluding hydrogens is 264 g/mol. The fourth-order valence-corrected chi connectivity index (χ4v) is 2.48. The van der Waals surface area contributed by atoms with Crippen LogP contribution in [0.15, 0.2) is 18.2 Å². The Labute approximate surface area is 118 Å². The molecule has 0 aromatic heterocycles. The SMILES string of the molecule is COc1ccc(Cl)cc1C(=O)N1CCCNC(C)C1. The van der Waals surface area contributed by atoms with Gasteiger partial charge in [-0.2, -0.15) is 0 Å². The van der Waals surface area contributed by atoms with Gasteiger partial charge in [0.1, 0.15) is 5.75 Å². The number of rotatable bonds is 2. The molecule has 0 aliphatic carbocycles. The van der Waals surface area contributed by atoms with Crippen molar-refractivity contribution in [1.82, 2.24) is 10.2 Å². The Morgan fingerprint density at radius 2 is 2.32 bits per heavy atom. The third kappa shape index (κ3) is 3.39. The van der Waals surface area contributed by atoms with Crippen LogP contribution in [-0.2, 0) is 0 Å². The molecule has 1 amide bonds. The summed E-state index contributed by atoms with van der Waals surface area (Å²) in [5, 5.41) is 3.92. The number of nitrogens with one attached hydrogen (secondary N) is 1. The van der Waals surface area contributed by atoms with Crippen molar-refractivity contribution in [2.24, 2.45) is 0 Å². The molecule has 1 saturated heterocycles. The van der Waals surface area contributed by atoms with Crippen molar-refractivity contribution >= 4 is 17.5 Å². The van der Waals surface area contributed by atoms with E-state index in [1.165, 1.54) is 0 Å². The summed E-state index contributed by atoms with van der Waals surface area (Å²) in [5.74, 6) is 0.550. The second-order valence-corrected chi connectivity index (χ2v) is 5.24. The number of methoxy groups -OCH3 is 1. The molecule has 104 valence electrons. The lowest BCUT2D eigenvalue weighted by Crippen LogP contribution is -2.39. The van der Waals surface area contributed by atoms with Crippen molar-refractivity contribution in [3.8, 4) is 5.75 Å². The topological polar surface area (TPSA) is 41.6 Å². The summed E-state index contributed by atoms with van der Waals surface area (Å²) in [6.45, 7) is 4.48. The largest absolute Gasteiger partial charge is 0.496 e. The molecule has 19 heavy (non-hydrogen) atoms. The summed E-state index contributed by atoms with van der Waals surface area (Å²) in [5.41, 5.74) is 0.532. The highest BCUT2D eigenvalue weighted by molar-refractivity contribution is 6.31. The first kappa shape index (κ1) is 14.2. The maximum Gasteiger partial charge on any atom is 0.257 e. The highest BCUT2D eigenvalue weighted by Crippen LogP contribution is 2.24. The molecular formula is C14H19ClN2O2. The predicted octanol–water partition coefficient (Wildman–Crippen LogP) is 2.17. The van der Waals surface area contributed by atoms with Crippen molar-refractivity contribution in [1.29, 1.82) is 0 Å². The van der Waals surface area contributed by atoms with Crippen LogP contribution < -0.4 is 10.1 Å². The zero-order valence-corrected chi connectivity index (χ0v) is 12.0. The lowest BCUT2D eigenvalue weighted by molar-refractivity contribution is 0.0752. The molecule has 1 heterocycles. The van der Waals surface area contributed by atoms with Crippen LogP contribution in [0, 0.1) is 0 Å². The highest BCUT2D eigenvalue weighted by Gasteiger charge is 2.23. The van der Waals surface area contributed by atoms with Gasteiger partial charge in [-0.1, -0.05) is 11.6 Å². The van der Waals surface area contributed by atoms with Gasteiger partial charge in [0.25, 0.3) is 5.91 Å². The van der Waals surface area contributed by atoms with Crippen LogP contribution in [0.1, 0.15) is 23.7 Å². The van der Waals surface area contributed by atoms with Crippen LogP contribution in [0.4, 0.5) is 0 Å². The van der Waals surface area contributed by atoms with E-state index in [9.17, 15) is 4.79 Å². The minimum absolute atomic E-state index is 0.0186. The van der Waals surface area contributed by atoms with E-state index in [-0.39, 0.29) is 5.91 Å². The molecule has 4 nitrogen and oxygen atoms in total.